The molecule has 0 fully saturated rings. The number of rotatable bonds is 0. The lowest BCUT2D eigenvalue weighted by Crippen LogP contribution is -2.15. The molecule has 0 radical (unpaired) electrons. The normalized spacial score (nSPS) is 19.8. The summed E-state index contributed by atoms with van der Waals surface area (Å²) >= 11 is 0. The number of carbonyl (C=O) groups excluding carboxylic acids is 1. The van der Waals surface area contributed by atoms with E-state index in [4.69, 9.17) is 10.5 Å². The maximum atomic E-state index is 11.6. The van der Waals surface area contributed by atoms with Gasteiger partial charge >= 0.3 is 0 Å². The number of benzene rings is 1. The molecule has 1 aliphatic rings. The van der Waals surface area contributed by atoms with Crippen molar-refractivity contribution in [2.24, 2.45) is 0 Å². The fourth-order valence-electron chi connectivity index (χ4n) is 1.56. The molecule has 1 aromatic carbocycles. The average Bonchev–Trinajstić information content (AvgIpc) is 2.38. The molecular weight excluding hydrogens is 166 g/mol. The molecule has 3 heteroatoms. The van der Waals surface area contributed by atoms with Crippen LogP contribution in [0.5, 0.6) is 5.75 Å². The summed E-state index contributed by atoms with van der Waals surface area (Å²) in [5.74, 6) is 0.581. The second-order valence-corrected chi connectivity index (χ2v) is 3.30. The number of hydrogen-bond donors (Lipinski definition) is 1. The third-order valence-corrected chi connectivity index (χ3v) is 2.31. The van der Waals surface area contributed by atoms with Crippen LogP contribution in [0.15, 0.2) is 12.1 Å². The molecular formula is C10H11NO2. The Bertz CT molecular complexity index is 385. The maximum Gasteiger partial charge on any atom is 0.207 e. The molecule has 2 N–H and O–H groups in total. The van der Waals surface area contributed by atoms with E-state index in [-0.39, 0.29) is 5.78 Å². The van der Waals surface area contributed by atoms with Gasteiger partial charge in [0.2, 0.25) is 5.78 Å². The summed E-state index contributed by atoms with van der Waals surface area (Å²) in [6.45, 7) is 3.62. The van der Waals surface area contributed by atoms with Crippen molar-refractivity contribution in [2.45, 2.75) is 20.0 Å². The lowest BCUT2D eigenvalue weighted by Gasteiger charge is -2.04. The predicted octanol–water partition coefficient (Wildman–Crippen LogP) is 1.54. The molecule has 3 nitrogen and oxygen atoms in total. The summed E-state index contributed by atoms with van der Waals surface area (Å²) in [6.07, 6.45) is -0.390. The lowest BCUT2D eigenvalue weighted by atomic mass is 10.0. The van der Waals surface area contributed by atoms with Crippen molar-refractivity contribution >= 4 is 11.5 Å². The summed E-state index contributed by atoms with van der Waals surface area (Å²) < 4.78 is 5.36. The number of Topliss-reactive ketones (excluding diaryl/α,β-unsaturated/α-hetero) is 1. The van der Waals surface area contributed by atoms with Crippen molar-refractivity contribution in [3.63, 3.8) is 0 Å². The highest BCUT2D eigenvalue weighted by Gasteiger charge is 2.31. The van der Waals surface area contributed by atoms with Crippen LogP contribution in [0.3, 0.4) is 0 Å². The molecule has 1 heterocycles. The number of nitrogen functional groups attached to an aromatic ring is 1. The first-order valence-electron chi connectivity index (χ1n) is 4.21. The van der Waals surface area contributed by atoms with Crippen LogP contribution in [0.4, 0.5) is 5.69 Å². The van der Waals surface area contributed by atoms with Crippen molar-refractivity contribution in [1.29, 1.82) is 0 Å². The van der Waals surface area contributed by atoms with Gasteiger partial charge in [-0.15, -0.1) is 0 Å². The van der Waals surface area contributed by atoms with E-state index in [1.807, 2.05) is 13.0 Å². The van der Waals surface area contributed by atoms with Crippen molar-refractivity contribution in [1.82, 2.24) is 0 Å². The van der Waals surface area contributed by atoms with Gasteiger partial charge in [-0.25, -0.2) is 0 Å². The minimum absolute atomic E-state index is 0.0276. The van der Waals surface area contributed by atoms with E-state index in [1.54, 1.807) is 13.0 Å². The average molecular weight is 177 g/mol. The third-order valence-electron chi connectivity index (χ3n) is 2.31. The van der Waals surface area contributed by atoms with Gasteiger partial charge in [0, 0.05) is 0 Å². The summed E-state index contributed by atoms with van der Waals surface area (Å²) in [6, 6.07) is 3.60. The third kappa shape index (κ3) is 1.00. The molecule has 13 heavy (non-hydrogen) atoms. The molecule has 1 aromatic rings. The van der Waals surface area contributed by atoms with E-state index < -0.39 is 6.10 Å². The first-order chi connectivity index (χ1) is 6.11. The predicted molar refractivity (Wildman–Crippen MR) is 50.0 cm³/mol. The van der Waals surface area contributed by atoms with Crippen LogP contribution in [0.25, 0.3) is 0 Å². The van der Waals surface area contributed by atoms with Crippen molar-refractivity contribution in [3.05, 3.63) is 23.3 Å². The molecule has 1 atom stereocenters. The number of hydrogen-bond acceptors (Lipinski definition) is 3. The van der Waals surface area contributed by atoms with Crippen LogP contribution in [0.1, 0.15) is 22.8 Å². The van der Waals surface area contributed by atoms with Crippen LogP contribution < -0.4 is 10.5 Å². The smallest absolute Gasteiger partial charge is 0.207 e. The Morgan fingerprint density at radius 1 is 1.46 bits per heavy atom. The molecule has 1 unspecified atom stereocenters. The highest BCUT2D eigenvalue weighted by molar-refractivity contribution is 6.07. The molecule has 0 bridgehead atoms. The molecule has 68 valence electrons. The molecule has 0 saturated heterocycles. The zero-order chi connectivity index (χ0) is 9.59. The minimum Gasteiger partial charge on any atom is -0.480 e. The summed E-state index contributed by atoms with van der Waals surface area (Å²) in [7, 11) is 0. The van der Waals surface area contributed by atoms with Crippen LogP contribution in [-0.2, 0) is 0 Å². The minimum atomic E-state index is -0.390. The quantitative estimate of drug-likeness (QED) is 0.611. The van der Waals surface area contributed by atoms with E-state index in [1.165, 1.54) is 0 Å². The Balaban J connectivity index is 2.68. The molecule has 2 rings (SSSR count). The van der Waals surface area contributed by atoms with Crippen LogP contribution in [0.2, 0.25) is 0 Å². The van der Waals surface area contributed by atoms with Gasteiger partial charge in [0.05, 0.1) is 11.3 Å². The van der Waals surface area contributed by atoms with Crippen LogP contribution in [0, 0.1) is 6.92 Å². The largest absolute Gasteiger partial charge is 0.480 e. The Labute approximate surface area is 76.5 Å². The van der Waals surface area contributed by atoms with E-state index in [9.17, 15) is 4.79 Å². The molecule has 0 aromatic heterocycles. The highest BCUT2D eigenvalue weighted by Crippen LogP contribution is 2.36. The molecule has 1 aliphatic heterocycles. The van der Waals surface area contributed by atoms with E-state index in [0.717, 1.165) is 5.56 Å². The van der Waals surface area contributed by atoms with Crippen molar-refractivity contribution < 1.29 is 9.53 Å². The Morgan fingerprint density at radius 3 is 2.77 bits per heavy atom. The Kier molecular flexibility index (Phi) is 1.55. The van der Waals surface area contributed by atoms with Gasteiger partial charge in [-0.1, -0.05) is 6.07 Å². The number of nitrogens with two attached hydrogens (primary N) is 1. The molecule has 0 aliphatic carbocycles. The van der Waals surface area contributed by atoms with Crippen molar-refractivity contribution in [2.75, 3.05) is 5.73 Å². The number of fused-ring (bicyclic) bond motifs is 1. The Morgan fingerprint density at radius 2 is 2.15 bits per heavy atom. The van der Waals surface area contributed by atoms with Crippen LogP contribution >= 0.6 is 0 Å². The first-order valence-corrected chi connectivity index (χ1v) is 4.21. The summed E-state index contributed by atoms with van der Waals surface area (Å²) in [5.41, 5.74) is 7.80. The van der Waals surface area contributed by atoms with Crippen molar-refractivity contribution in [3.8, 4) is 5.75 Å². The van der Waals surface area contributed by atoms with Gasteiger partial charge in [-0.05, 0) is 25.5 Å². The zero-order valence-electron chi connectivity index (χ0n) is 7.63. The van der Waals surface area contributed by atoms with Gasteiger partial charge in [0.25, 0.3) is 0 Å². The summed E-state index contributed by atoms with van der Waals surface area (Å²) in [4.78, 5) is 11.6. The Hall–Kier alpha value is -1.51. The van der Waals surface area contributed by atoms with Gasteiger partial charge in [-0.2, -0.15) is 0 Å². The number of ether oxygens (including phenoxy) is 1. The highest BCUT2D eigenvalue weighted by atomic mass is 16.5. The van der Waals surface area contributed by atoms with Gasteiger partial charge < -0.3 is 10.5 Å². The fraction of sp³-hybridized carbons (Fsp3) is 0.300. The molecule has 0 spiro atoms. The number of aryl methyl sites for hydroxylation is 1. The number of ketones is 1. The second-order valence-electron chi connectivity index (χ2n) is 3.30. The zero-order valence-corrected chi connectivity index (χ0v) is 7.63. The topological polar surface area (TPSA) is 52.3 Å². The SMILES string of the molecule is Cc1ccc(N)c2c1C(=O)C(C)O2. The number of carbonyl (C=O) groups is 1. The van der Waals surface area contributed by atoms with E-state index in [2.05, 4.69) is 0 Å². The molecule has 0 saturated carbocycles. The molecule has 0 amide bonds. The van der Waals surface area contributed by atoms with Crippen LogP contribution in [-0.4, -0.2) is 11.9 Å². The van der Waals surface area contributed by atoms with Gasteiger partial charge in [0.1, 0.15) is 0 Å². The number of anilines is 1. The maximum absolute atomic E-state index is 11.6. The monoisotopic (exact) mass is 177 g/mol. The first kappa shape index (κ1) is 8.10. The summed E-state index contributed by atoms with van der Waals surface area (Å²) in [5, 5.41) is 0. The van der Waals surface area contributed by atoms with E-state index in [0.29, 0.717) is 17.0 Å². The van der Waals surface area contributed by atoms with E-state index >= 15 is 0 Å². The van der Waals surface area contributed by atoms with Gasteiger partial charge in [0.15, 0.2) is 11.9 Å². The van der Waals surface area contributed by atoms with Gasteiger partial charge in [-0.3, -0.25) is 4.79 Å². The second kappa shape index (κ2) is 2.49. The fourth-order valence-corrected chi connectivity index (χ4v) is 1.56. The standard InChI is InChI=1S/C10H11NO2/c1-5-3-4-7(11)10-8(5)9(12)6(2)13-10/h3-4,6H,11H2,1-2H3. The lowest BCUT2D eigenvalue weighted by molar-refractivity contribution is 0.0879.